The van der Waals surface area contributed by atoms with Crippen molar-refractivity contribution in [2.45, 2.75) is 13.3 Å². The predicted molar refractivity (Wildman–Crippen MR) is 61.1 cm³/mol. The van der Waals surface area contributed by atoms with E-state index in [0.29, 0.717) is 19.5 Å². The van der Waals surface area contributed by atoms with Gasteiger partial charge in [0, 0.05) is 12.2 Å². The molecule has 0 spiro atoms. The van der Waals surface area contributed by atoms with E-state index in [0.717, 1.165) is 5.70 Å². The first kappa shape index (κ1) is 13.4. The summed E-state index contributed by atoms with van der Waals surface area (Å²) in [7, 11) is 1.72. The van der Waals surface area contributed by atoms with Crippen molar-refractivity contribution in [3.8, 4) is 0 Å². The van der Waals surface area contributed by atoms with Crippen LogP contribution in [0.4, 0.5) is 0 Å². The van der Waals surface area contributed by atoms with Gasteiger partial charge in [0.2, 0.25) is 5.91 Å². The Labute approximate surface area is 89.8 Å². The van der Waals surface area contributed by atoms with Crippen molar-refractivity contribution in [1.82, 2.24) is 10.6 Å². The molecule has 0 aliphatic carbocycles. The largest absolute Gasteiger partial charge is 0.370 e. The number of likely N-dealkylation sites (N-methyl/N-ethyl adjacent to an activating group) is 1. The Morgan fingerprint density at radius 1 is 1.47 bits per heavy atom. The summed E-state index contributed by atoms with van der Waals surface area (Å²) in [4.78, 5) is 14.9. The van der Waals surface area contributed by atoms with Gasteiger partial charge in [0.05, 0.1) is 6.54 Å². The molecule has 0 radical (unpaired) electrons. The predicted octanol–water partition coefficient (Wildman–Crippen LogP) is -1.11. The summed E-state index contributed by atoms with van der Waals surface area (Å²) in [5.74, 6) is 0.0216. The van der Waals surface area contributed by atoms with Crippen LogP contribution in [-0.2, 0) is 4.79 Å². The van der Waals surface area contributed by atoms with Gasteiger partial charge >= 0.3 is 0 Å². The summed E-state index contributed by atoms with van der Waals surface area (Å²) in [6.07, 6.45) is 2.57. The first-order valence-corrected chi connectivity index (χ1v) is 4.73. The molecule has 0 aromatic carbocycles. The standard InChI is InChI=1S/C9H19N5O/c1-7(14-8(15)6-12-2)4-3-5-13-9(10)11/h4,12H,3,5-6H2,1-2H3,(H,14,15)(H4,10,11,13)/b7-4-. The number of guanidine groups is 1. The first-order chi connectivity index (χ1) is 7.06. The van der Waals surface area contributed by atoms with E-state index in [2.05, 4.69) is 15.6 Å². The molecule has 0 heterocycles. The molecule has 6 heteroatoms. The van der Waals surface area contributed by atoms with Crippen LogP contribution in [0.25, 0.3) is 0 Å². The lowest BCUT2D eigenvalue weighted by Gasteiger charge is -2.04. The van der Waals surface area contributed by atoms with E-state index in [4.69, 9.17) is 11.5 Å². The summed E-state index contributed by atoms with van der Waals surface area (Å²) in [5.41, 5.74) is 11.1. The Morgan fingerprint density at radius 3 is 2.67 bits per heavy atom. The van der Waals surface area contributed by atoms with Gasteiger partial charge in [-0.1, -0.05) is 6.08 Å². The average molecular weight is 213 g/mol. The maximum Gasteiger partial charge on any atom is 0.238 e. The number of nitrogens with one attached hydrogen (secondary N) is 2. The zero-order chi connectivity index (χ0) is 11.7. The Morgan fingerprint density at radius 2 is 2.13 bits per heavy atom. The van der Waals surface area contributed by atoms with E-state index in [1.54, 1.807) is 7.05 Å². The molecule has 86 valence electrons. The van der Waals surface area contributed by atoms with Crippen molar-refractivity contribution < 1.29 is 4.79 Å². The lowest BCUT2D eigenvalue weighted by atomic mass is 10.3. The molecule has 0 fully saturated rings. The number of nitrogens with two attached hydrogens (primary N) is 2. The van der Waals surface area contributed by atoms with E-state index in [-0.39, 0.29) is 11.9 Å². The number of amides is 1. The van der Waals surface area contributed by atoms with Crippen molar-refractivity contribution >= 4 is 11.9 Å². The van der Waals surface area contributed by atoms with Crippen LogP contribution in [0, 0.1) is 0 Å². The molecule has 0 saturated heterocycles. The Kier molecular flexibility index (Phi) is 7.00. The fourth-order valence-corrected chi connectivity index (χ4v) is 0.950. The molecule has 0 bridgehead atoms. The highest BCUT2D eigenvalue weighted by Crippen LogP contribution is 1.91. The second-order valence-corrected chi connectivity index (χ2v) is 3.06. The topological polar surface area (TPSA) is 106 Å². The van der Waals surface area contributed by atoms with Gasteiger partial charge in [0.1, 0.15) is 0 Å². The van der Waals surface area contributed by atoms with Crippen molar-refractivity contribution in [3.05, 3.63) is 11.8 Å². The highest BCUT2D eigenvalue weighted by Gasteiger charge is 1.97. The zero-order valence-electron chi connectivity index (χ0n) is 9.21. The average Bonchev–Trinajstić information content (AvgIpc) is 2.12. The molecule has 6 N–H and O–H groups in total. The van der Waals surface area contributed by atoms with Crippen molar-refractivity contribution in [1.29, 1.82) is 0 Å². The number of hydrogen-bond acceptors (Lipinski definition) is 3. The third kappa shape index (κ3) is 8.76. The minimum absolute atomic E-state index is 0.0620. The molecule has 0 aliphatic heterocycles. The van der Waals surface area contributed by atoms with Crippen molar-refractivity contribution in [3.63, 3.8) is 0 Å². The van der Waals surface area contributed by atoms with Gasteiger partial charge in [-0.3, -0.25) is 9.79 Å². The summed E-state index contributed by atoms with van der Waals surface area (Å²) in [6.45, 7) is 2.66. The molecule has 0 atom stereocenters. The van der Waals surface area contributed by atoms with Crippen LogP contribution in [-0.4, -0.2) is 32.0 Å². The number of aliphatic imine (C=N–C) groups is 1. The van der Waals surface area contributed by atoms with Gasteiger partial charge in [-0.2, -0.15) is 0 Å². The molecular formula is C9H19N5O. The Hall–Kier alpha value is -1.56. The molecule has 6 nitrogen and oxygen atoms in total. The van der Waals surface area contributed by atoms with Crippen LogP contribution >= 0.6 is 0 Å². The summed E-state index contributed by atoms with van der Waals surface area (Å²) in [5, 5.41) is 5.48. The number of carbonyl (C=O) groups excluding carboxylic acids is 1. The number of hydrogen-bond donors (Lipinski definition) is 4. The van der Waals surface area contributed by atoms with E-state index in [1.807, 2.05) is 13.0 Å². The number of allylic oxidation sites excluding steroid dienone is 1. The molecule has 1 amide bonds. The fraction of sp³-hybridized carbons (Fsp3) is 0.556. The number of rotatable bonds is 6. The van der Waals surface area contributed by atoms with E-state index in [9.17, 15) is 4.79 Å². The van der Waals surface area contributed by atoms with Crippen LogP contribution in [0.3, 0.4) is 0 Å². The lowest BCUT2D eigenvalue weighted by Crippen LogP contribution is -2.30. The van der Waals surface area contributed by atoms with E-state index < -0.39 is 0 Å². The van der Waals surface area contributed by atoms with E-state index in [1.165, 1.54) is 0 Å². The lowest BCUT2D eigenvalue weighted by molar-refractivity contribution is -0.119. The SMILES string of the molecule is CNCC(=O)N/C(C)=C\CCN=C(N)N. The number of nitrogens with zero attached hydrogens (tertiary/aromatic N) is 1. The summed E-state index contributed by atoms with van der Waals surface area (Å²) < 4.78 is 0. The highest BCUT2D eigenvalue weighted by atomic mass is 16.1. The normalized spacial score (nSPS) is 10.9. The van der Waals surface area contributed by atoms with Crippen LogP contribution in [0.15, 0.2) is 16.8 Å². The van der Waals surface area contributed by atoms with Gasteiger partial charge < -0.3 is 22.1 Å². The second kappa shape index (κ2) is 7.81. The molecule has 15 heavy (non-hydrogen) atoms. The molecule has 0 rings (SSSR count). The van der Waals surface area contributed by atoms with Crippen LogP contribution in [0.2, 0.25) is 0 Å². The summed E-state index contributed by atoms with van der Waals surface area (Å²) >= 11 is 0. The molecule has 0 saturated carbocycles. The van der Waals surface area contributed by atoms with Crippen molar-refractivity contribution in [2.75, 3.05) is 20.1 Å². The van der Waals surface area contributed by atoms with Gasteiger partial charge in [-0.15, -0.1) is 0 Å². The molecular weight excluding hydrogens is 194 g/mol. The Bertz CT molecular complexity index is 255. The minimum Gasteiger partial charge on any atom is -0.370 e. The molecule has 0 aromatic heterocycles. The molecule has 0 aliphatic rings. The van der Waals surface area contributed by atoms with Crippen molar-refractivity contribution in [2.24, 2.45) is 16.5 Å². The highest BCUT2D eigenvalue weighted by molar-refractivity contribution is 5.79. The zero-order valence-corrected chi connectivity index (χ0v) is 9.21. The maximum atomic E-state index is 11.1. The quantitative estimate of drug-likeness (QED) is 0.255. The maximum absolute atomic E-state index is 11.1. The monoisotopic (exact) mass is 213 g/mol. The van der Waals surface area contributed by atoms with Crippen LogP contribution < -0.4 is 22.1 Å². The fourth-order valence-electron chi connectivity index (χ4n) is 0.950. The second-order valence-electron chi connectivity index (χ2n) is 3.06. The van der Waals surface area contributed by atoms with E-state index >= 15 is 0 Å². The van der Waals surface area contributed by atoms with Crippen LogP contribution in [0.1, 0.15) is 13.3 Å². The molecule has 0 aromatic rings. The minimum atomic E-state index is -0.0620. The van der Waals surface area contributed by atoms with Gasteiger partial charge in [-0.25, -0.2) is 0 Å². The van der Waals surface area contributed by atoms with Crippen LogP contribution in [0.5, 0.6) is 0 Å². The first-order valence-electron chi connectivity index (χ1n) is 4.73. The number of carbonyl (C=O) groups is 1. The third-order valence-electron chi connectivity index (χ3n) is 1.55. The van der Waals surface area contributed by atoms with Gasteiger partial charge in [0.25, 0.3) is 0 Å². The summed E-state index contributed by atoms with van der Waals surface area (Å²) in [6, 6.07) is 0. The molecule has 0 unspecified atom stereocenters. The third-order valence-corrected chi connectivity index (χ3v) is 1.55. The van der Waals surface area contributed by atoms with Gasteiger partial charge in [-0.05, 0) is 20.4 Å². The smallest absolute Gasteiger partial charge is 0.238 e. The Balaban J connectivity index is 3.79. The van der Waals surface area contributed by atoms with Gasteiger partial charge in [0.15, 0.2) is 5.96 Å².